The lowest BCUT2D eigenvalue weighted by molar-refractivity contribution is -0.124. The lowest BCUT2D eigenvalue weighted by Crippen LogP contribution is -2.41. The van der Waals surface area contributed by atoms with Crippen molar-refractivity contribution in [1.82, 2.24) is 24.6 Å². The van der Waals surface area contributed by atoms with Crippen LogP contribution in [0, 0.1) is 5.92 Å². The predicted octanol–water partition coefficient (Wildman–Crippen LogP) is 0.598. The van der Waals surface area contributed by atoms with Crippen molar-refractivity contribution in [3.63, 3.8) is 0 Å². The van der Waals surface area contributed by atoms with Gasteiger partial charge in [-0.15, -0.1) is 0 Å². The van der Waals surface area contributed by atoms with Crippen molar-refractivity contribution in [2.45, 2.75) is 18.2 Å². The number of aromatic nitrogens is 4. The molecule has 4 heterocycles. The van der Waals surface area contributed by atoms with Crippen LogP contribution in [0.5, 0.6) is 0 Å². The van der Waals surface area contributed by atoms with Crippen LogP contribution in [0.4, 0.5) is 0 Å². The molecule has 10 heteroatoms. The predicted molar refractivity (Wildman–Crippen MR) is 102 cm³/mol. The smallest absolute Gasteiger partial charge is 0.266 e. The Morgan fingerprint density at radius 2 is 2.14 bits per heavy atom. The van der Waals surface area contributed by atoms with E-state index in [0.717, 1.165) is 0 Å². The molecule has 9 nitrogen and oxygen atoms in total. The Hall–Kier alpha value is -3.14. The summed E-state index contributed by atoms with van der Waals surface area (Å²) in [6.45, 7) is 0.785. The van der Waals surface area contributed by atoms with Crippen LogP contribution in [0.15, 0.2) is 62.0 Å². The average molecular weight is 399 g/mol. The number of fused-ring (bicyclic) bond motifs is 1. The van der Waals surface area contributed by atoms with Gasteiger partial charge in [0.05, 0.1) is 18.7 Å². The number of carbonyl (C=O) groups excluding carboxylic acids is 1. The summed E-state index contributed by atoms with van der Waals surface area (Å²) in [6, 6.07) is 7.90. The molecule has 1 atom stereocenters. The first-order chi connectivity index (χ1) is 13.6. The fraction of sp³-hybridized carbons (Fsp3) is 0.278. The van der Waals surface area contributed by atoms with Gasteiger partial charge < -0.3 is 9.73 Å². The van der Waals surface area contributed by atoms with Crippen LogP contribution in [-0.2, 0) is 17.9 Å². The maximum Gasteiger partial charge on any atom is 0.266 e. The van der Waals surface area contributed by atoms with Gasteiger partial charge in [0.1, 0.15) is 5.69 Å². The highest BCUT2D eigenvalue weighted by Gasteiger charge is 2.26. The highest BCUT2D eigenvalue weighted by molar-refractivity contribution is 7.99. The zero-order chi connectivity index (χ0) is 19.5. The number of hydrogen-bond donors (Lipinski definition) is 1. The average Bonchev–Trinajstić information content (AvgIpc) is 3.24. The van der Waals surface area contributed by atoms with Crippen LogP contribution < -0.4 is 16.4 Å². The second-order valence-corrected chi connectivity index (χ2v) is 7.22. The van der Waals surface area contributed by atoms with Crippen molar-refractivity contribution in [1.29, 1.82) is 0 Å². The van der Waals surface area contributed by atoms with E-state index in [1.54, 1.807) is 18.2 Å². The Bertz CT molecular complexity index is 1110. The van der Waals surface area contributed by atoms with Gasteiger partial charge in [0.2, 0.25) is 5.91 Å². The third kappa shape index (κ3) is 3.77. The van der Waals surface area contributed by atoms with Crippen molar-refractivity contribution in [2.75, 3.05) is 12.3 Å². The van der Waals surface area contributed by atoms with Gasteiger partial charge in [0.25, 0.3) is 11.1 Å². The molecular weight excluding hydrogens is 382 g/mol. The summed E-state index contributed by atoms with van der Waals surface area (Å²) in [6.07, 6.45) is 3.01. The zero-order valence-electron chi connectivity index (χ0n) is 14.8. The molecule has 144 valence electrons. The maximum atomic E-state index is 12.5. The molecule has 1 N–H and O–H groups in total. The van der Waals surface area contributed by atoms with Crippen molar-refractivity contribution < 1.29 is 9.21 Å². The second kappa shape index (κ2) is 7.85. The van der Waals surface area contributed by atoms with E-state index in [-0.39, 0.29) is 36.0 Å². The fourth-order valence-corrected chi connectivity index (χ4v) is 3.97. The number of nitrogens with one attached hydrogen (secondary N) is 1. The lowest BCUT2D eigenvalue weighted by Gasteiger charge is -2.23. The van der Waals surface area contributed by atoms with E-state index in [0.29, 0.717) is 28.9 Å². The quantitative estimate of drug-likeness (QED) is 0.625. The highest BCUT2D eigenvalue weighted by atomic mass is 32.2. The van der Waals surface area contributed by atoms with E-state index in [1.807, 2.05) is 0 Å². The lowest BCUT2D eigenvalue weighted by atomic mass is 10.1. The largest absolute Gasteiger partial charge is 0.463 e. The molecule has 1 aliphatic rings. The number of amides is 1. The number of hydrogen-bond acceptors (Lipinski definition) is 7. The Morgan fingerprint density at radius 3 is 2.96 bits per heavy atom. The van der Waals surface area contributed by atoms with E-state index in [4.69, 9.17) is 4.42 Å². The minimum Gasteiger partial charge on any atom is -0.463 e. The Morgan fingerprint density at radius 1 is 1.25 bits per heavy atom. The van der Waals surface area contributed by atoms with Crippen molar-refractivity contribution in [3.05, 3.63) is 63.5 Å². The first-order valence-corrected chi connectivity index (χ1v) is 9.69. The fourth-order valence-electron chi connectivity index (χ4n) is 2.90. The number of furan rings is 1. The molecule has 0 saturated carbocycles. The third-order valence-electron chi connectivity index (χ3n) is 4.35. The van der Waals surface area contributed by atoms with E-state index in [1.165, 1.54) is 45.6 Å². The highest BCUT2D eigenvalue weighted by Crippen LogP contribution is 2.24. The Labute approximate surface area is 163 Å². The van der Waals surface area contributed by atoms with Gasteiger partial charge in [-0.2, -0.15) is 5.10 Å². The normalized spacial score (nSPS) is 15.8. The van der Waals surface area contributed by atoms with Crippen molar-refractivity contribution in [2.24, 2.45) is 5.92 Å². The molecule has 0 saturated heterocycles. The molecule has 0 bridgehead atoms. The SMILES string of the molecule is O=C(NCCn1nc(-c2ccco2)ccc1=O)C1CSc2nccc(=O)n2C1. The topological polar surface area (TPSA) is 112 Å². The molecule has 3 aromatic rings. The molecule has 0 aliphatic carbocycles. The molecule has 0 aromatic carbocycles. The first-order valence-electron chi connectivity index (χ1n) is 8.70. The summed E-state index contributed by atoms with van der Waals surface area (Å²) >= 11 is 1.39. The monoisotopic (exact) mass is 399 g/mol. The van der Waals surface area contributed by atoms with E-state index < -0.39 is 0 Å². The van der Waals surface area contributed by atoms with Crippen LogP contribution in [0.2, 0.25) is 0 Å². The van der Waals surface area contributed by atoms with Crippen molar-refractivity contribution >= 4 is 17.7 Å². The molecular formula is C18H17N5O4S. The number of rotatable bonds is 5. The molecule has 0 spiro atoms. The van der Waals surface area contributed by atoms with Gasteiger partial charge in [0, 0.05) is 37.2 Å². The third-order valence-corrected chi connectivity index (χ3v) is 5.50. The van der Waals surface area contributed by atoms with Crippen LogP contribution in [0.1, 0.15) is 0 Å². The Kier molecular flexibility index (Phi) is 5.11. The second-order valence-electron chi connectivity index (χ2n) is 6.23. The van der Waals surface area contributed by atoms with Gasteiger partial charge in [0.15, 0.2) is 10.9 Å². The molecule has 28 heavy (non-hydrogen) atoms. The standard InChI is InChI=1S/C18H17N5O4S/c24-15-5-6-20-18-22(15)10-12(11-28-18)17(26)19-7-8-23-16(25)4-3-13(21-23)14-2-1-9-27-14/h1-6,9,12H,7-8,10-11H2,(H,19,26). The first kappa shape index (κ1) is 18.2. The summed E-state index contributed by atoms with van der Waals surface area (Å²) in [5.74, 6) is 0.617. The van der Waals surface area contributed by atoms with Gasteiger partial charge in [-0.3, -0.25) is 19.0 Å². The van der Waals surface area contributed by atoms with E-state index >= 15 is 0 Å². The summed E-state index contributed by atoms with van der Waals surface area (Å²) < 4.78 is 8.09. The van der Waals surface area contributed by atoms with E-state index in [2.05, 4.69) is 15.4 Å². The van der Waals surface area contributed by atoms with Crippen molar-refractivity contribution in [3.8, 4) is 11.5 Å². The maximum absolute atomic E-state index is 12.5. The van der Waals surface area contributed by atoms with Crippen LogP contribution in [0.25, 0.3) is 11.5 Å². The molecule has 4 rings (SSSR count). The van der Waals surface area contributed by atoms with E-state index in [9.17, 15) is 14.4 Å². The molecule has 0 fully saturated rings. The molecule has 3 aromatic heterocycles. The van der Waals surface area contributed by atoms with Gasteiger partial charge in [-0.05, 0) is 18.2 Å². The van der Waals surface area contributed by atoms with Crippen LogP contribution >= 0.6 is 11.8 Å². The molecule has 1 aliphatic heterocycles. The summed E-state index contributed by atoms with van der Waals surface area (Å²) in [5, 5.41) is 7.72. The summed E-state index contributed by atoms with van der Waals surface area (Å²) in [7, 11) is 0. The van der Waals surface area contributed by atoms with Gasteiger partial charge in [-0.1, -0.05) is 11.8 Å². The number of thioether (sulfide) groups is 1. The minimum absolute atomic E-state index is 0.163. The Balaban J connectivity index is 1.37. The molecule has 0 radical (unpaired) electrons. The van der Waals surface area contributed by atoms with Crippen LogP contribution in [0.3, 0.4) is 0 Å². The molecule has 1 unspecified atom stereocenters. The zero-order valence-corrected chi connectivity index (χ0v) is 15.6. The summed E-state index contributed by atoms with van der Waals surface area (Å²) in [5.41, 5.74) is 0.118. The minimum atomic E-state index is -0.335. The number of carbonyl (C=O) groups is 1. The van der Waals surface area contributed by atoms with Crippen LogP contribution in [-0.4, -0.2) is 37.5 Å². The molecule has 1 amide bonds. The number of nitrogens with zero attached hydrogens (tertiary/aromatic N) is 4. The van der Waals surface area contributed by atoms with Gasteiger partial charge >= 0.3 is 0 Å². The van der Waals surface area contributed by atoms with Gasteiger partial charge in [-0.25, -0.2) is 9.67 Å². The summed E-state index contributed by atoms with van der Waals surface area (Å²) in [4.78, 5) is 40.5.